The minimum Gasteiger partial charge on any atom is -0.494 e. The molecule has 6 nitrogen and oxygen atoms in total. The third kappa shape index (κ3) is 26.8. The highest BCUT2D eigenvalue weighted by molar-refractivity contribution is 5.69. The minimum atomic E-state index is -0.319. The third-order valence-corrected chi connectivity index (χ3v) is 8.71. The Balaban J connectivity index is 1.85. The Morgan fingerprint density at radius 1 is 0.556 bits per heavy atom. The summed E-state index contributed by atoms with van der Waals surface area (Å²) in [7, 11) is 4.52. The molecule has 0 unspecified atom stereocenters. The Hall–Kier alpha value is -2.08. The van der Waals surface area contributed by atoms with Crippen molar-refractivity contribution in [2.45, 2.75) is 162 Å². The zero-order valence-corrected chi connectivity index (χ0v) is 29.9. The van der Waals surface area contributed by atoms with Crippen LogP contribution >= 0.6 is 0 Å². The molecule has 0 radical (unpaired) electrons. The highest BCUT2D eigenvalue weighted by Crippen LogP contribution is 2.19. The maximum Gasteiger partial charge on any atom is 0.308 e. The van der Waals surface area contributed by atoms with Gasteiger partial charge in [-0.1, -0.05) is 122 Å². The predicted octanol–water partition coefficient (Wildman–Crippen LogP) is 10.6. The first-order valence-electron chi connectivity index (χ1n) is 18.7. The second-order valence-electron chi connectivity index (χ2n) is 13.7. The Morgan fingerprint density at radius 2 is 1.00 bits per heavy atom. The summed E-state index contributed by atoms with van der Waals surface area (Å²) in [6.07, 6.45) is 29.1. The summed E-state index contributed by atoms with van der Waals surface area (Å²) in [4.78, 5) is 23.1. The number of unbranched alkanes of at least 4 members (excludes halogenated alkanes) is 20. The molecule has 6 heteroatoms. The van der Waals surface area contributed by atoms with Crippen molar-refractivity contribution in [1.82, 2.24) is 0 Å². The molecule has 0 aromatic heterocycles. The van der Waals surface area contributed by atoms with Gasteiger partial charge in [-0.25, -0.2) is 0 Å². The summed E-state index contributed by atoms with van der Waals surface area (Å²) >= 11 is 0. The van der Waals surface area contributed by atoms with E-state index in [9.17, 15) is 9.59 Å². The van der Waals surface area contributed by atoms with E-state index in [1.165, 1.54) is 122 Å². The molecular formula is C39H70NO5+. The number of hydrogen-bond donors (Lipinski definition) is 0. The molecule has 0 atom stereocenters. The standard InChI is InChI=1S/C39H70NO5/c1-5-6-7-8-9-10-11-12-13-14-16-19-22-25-32-40(3,4)33-35-44-39(42)27-24-21-18-15-17-20-23-26-34-43-37-28-30-38(31-29-37)45-36(2)41/h28-31H,5-27,32-35H2,1-4H3/q+1. The molecule has 1 rings (SSSR count). The summed E-state index contributed by atoms with van der Waals surface area (Å²) in [5, 5.41) is 0. The average Bonchev–Trinajstić information content (AvgIpc) is 3.00. The topological polar surface area (TPSA) is 61.8 Å². The summed E-state index contributed by atoms with van der Waals surface area (Å²) in [6, 6.07) is 7.16. The lowest BCUT2D eigenvalue weighted by atomic mass is 10.0. The fraction of sp³-hybridized carbons (Fsp3) is 0.795. The van der Waals surface area contributed by atoms with Crippen molar-refractivity contribution < 1.29 is 28.3 Å². The summed E-state index contributed by atoms with van der Waals surface area (Å²) in [5.74, 6) is 0.983. The molecule has 260 valence electrons. The average molecular weight is 633 g/mol. The van der Waals surface area contributed by atoms with Crippen LogP contribution in [0.3, 0.4) is 0 Å². The van der Waals surface area contributed by atoms with Crippen LogP contribution in [0.4, 0.5) is 0 Å². The van der Waals surface area contributed by atoms with E-state index in [2.05, 4.69) is 21.0 Å². The van der Waals surface area contributed by atoms with Gasteiger partial charge in [0.25, 0.3) is 0 Å². The summed E-state index contributed by atoms with van der Waals surface area (Å²) in [5.41, 5.74) is 0. The van der Waals surface area contributed by atoms with Crippen LogP contribution in [0.1, 0.15) is 162 Å². The van der Waals surface area contributed by atoms with Gasteiger partial charge >= 0.3 is 11.9 Å². The highest BCUT2D eigenvalue weighted by atomic mass is 16.5. The minimum absolute atomic E-state index is 0.0347. The number of likely N-dealkylation sites (N-methyl/N-ethyl adjacent to an activating group) is 1. The number of quaternary nitrogens is 1. The SMILES string of the molecule is CCCCCCCCCCCCCCCC[N+](C)(C)CCOC(=O)CCCCCCCCCCOc1ccc(OC(C)=O)cc1. The van der Waals surface area contributed by atoms with Crippen LogP contribution in [0.5, 0.6) is 11.5 Å². The van der Waals surface area contributed by atoms with E-state index in [4.69, 9.17) is 14.2 Å². The van der Waals surface area contributed by atoms with Crippen LogP contribution in [0.2, 0.25) is 0 Å². The molecule has 45 heavy (non-hydrogen) atoms. The number of nitrogens with zero attached hydrogens (tertiary/aromatic N) is 1. The van der Waals surface area contributed by atoms with Crippen LogP contribution in [-0.4, -0.2) is 56.8 Å². The molecule has 0 N–H and O–H groups in total. The molecule has 0 aliphatic heterocycles. The molecule has 0 aliphatic rings. The molecule has 1 aromatic rings. The maximum atomic E-state index is 12.2. The molecule has 0 spiro atoms. The van der Waals surface area contributed by atoms with Crippen LogP contribution in [0, 0.1) is 0 Å². The first kappa shape index (κ1) is 40.9. The quantitative estimate of drug-likeness (QED) is 0.0353. The Bertz CT molecular complexity index is 838. The van der Waals surface area contributed by atoms with E-state index in [1.54, 1.807) is 12.1 Å². The van der Waals surface area contributed by atoms with Gasteiger partial charge in [-0.05, 0) is 49.9 Å². The van der Waals surface area contributed by atoms with E-state index in [0.717, 1.165) is 49.0 Å². The van der Waals surface area contributed by atoms with Gasteiger partial charge in [-0.3, -0.25) is 9.59 Å². The number of hydrogen-bond acceptors (Lipinski definition) is 5. The van der Waals surface area contributed by atoms with Gasteiger partial charge in [0, 0.05) is 13.3 Å². The normalized spacial score (nSPS) is 11.5. The molecular weight excluding hydrogens is 562 g/mol. The Morgan fingerprint density at radius 3 is 1.51 bits per heavy atom. The van der Waals surface area contributed by atoms with Crippen LogP contribution in [-0.2, 0) is 14.3 Å². The molecule has 0 aliphatic carbocycles. The van der Waals surface area contributed by atoms with Gasteiger partial charge in [0.2, 0.25) is 0 Å². The number of carbonyl (C=O) groups excluding carboxylic acids is 2. The second kappa shape index (κ2) is 28.2. The van der Waals surface area contributed by atoms with E-state index in [1.807, 2.05) is 12.1 Å². The van der Waals surface area contributed by atoms with Gasteiger partial charge in [-0.15, -0.1) is 0 Å². The first-order valence-corrected chi connectivity index (χ1v) is 18.7. The first-order chi connectivity index (χ1) is 21.8. The molecule has 0 amide bonds. The second-order valence-corrected chi connectivity index (χ2v) is 13.7. The smallest absolute Gasteiger partial charge is 0.308 e. The lowest BCUT2D eigenvalue weighted by Gasteiger charge is -2.29. The van der Waals surface area contributed by atoms with Crippen molar-refractivity contribution in [2.24, 2.45) is 0 Å². The van der Waals surface area contributed by atoms with Gasteiger partial charge in [0.1, 0.15) is 24.7 Å². The van der Waals surface area contributed by atoms with Crippen molar-refractivity contribution in [3.05, 3.63) is 24.3 Å². The van der Waals surface area contributed by atoms with E-state index >= 15 is 0 Å². The van der Waals surface area contributed by atoms with E-state index in [0.29, 0.717) is 25.4 Å². The lowest BCUT2D eigenvalue weighted by molar-refractivity contribution is -0.890. The van der Waals surface area contributed by atoms with E-state index < -0.39 is 0 Å². The van der Waals surface area contributed by atoms with Crippen LogP contribution in [0.25, 0.3) is 0 Å². The molecule has 0 bridgehead atoms. The molecule has 1 aromatic carbocycles. The van der Waals surface area contributed by atoms with Crippen molar-refractivity contribution in [2.75, 3.05) is 40.4 Å². The van der Waals surface area contributed by atoms with Crippen LogP contribution < -0.4 is 9.47 Å². The molecule has 0 saturated heterocycles. The number of carbonyl (C=O) groups is 2. The largest absolute Gasteiger partial charge is 0.494 e. The third-order valence-electron chi connectivity index (χ3n) is 8.71. The number of ether oxygens (including phenoxy) is 3. The highest BCUT2D eigenvalue weighted by Gasteiger charge is 2.15. The number of benzene rings is 1. The van der Waals surface area contributed by atoms with Gasteiger partial charge in [-0.2, -0.15) is 0 Å². The van der Waals surface area contributed by atoms with Crippen molar-refractivity contribution in [3.8, 4) is 11.5 Å². The molecule has 0 fully saturated rings. The van der Waals surface area contributed by atoms with E-state index in [-0.39, 0.29) is 11.9 Å². The van der Waals surface area contributed by atoms with Crippen molar-refractivity contribution in [1.29, 1.82) is 0 Å². The molecule has 0 saturated carbocycles. The fourth-order valence-electron chi connectivity index (χ4n) is 5.72. The van der Waals surface area contributed by atoms with Gasteiger partial charge in [0.05, 0.1) is 27.2 Å². The Labute approximate surface area is 277 Å². The maximum absolute atomic E-state index is 12.2. The fourth-order valence-corrected chi connectivity index (χ4v) is 5.72. The summed E-state index contributed by atoms with van der Waals surface area (Å²) in [6.45, 7) is 6.98. The van der Waals surface area contributed by atoms with Crippen molar-refractivity contribution >= 4 is 11.9 Å². The van der Waals surface area contributed by atoms with Gasteiger partial charge < -0.3 is 18.7 Å². The zero-order valence-electron chi connectivity index (χ0n) is 29.9. The number of esters is 2. The predicted molar refractivity (Wildman–Crippen MR) is 188 cm³/mol. The number of rotatable bonds is 31. The Kier molecular flexibility index (Phi) is 25.6. The van der Waals surface area contributed by atoms with Crippen LogP contribution in [0.15, 0.2) is 24.3 Å². The monoisotopic (exact) mass is 633 g/mol. The van der Waals surface area contributed by atoms with Gasteiger partial charge in [0.15, 0.2) is 0 Å². The van der Waals surface area contributed by atoms with Crippen molar-refractivity contribution in [3.63, 3.8) is 0 Å². The zero-order chi connectivity index (χ0) is 32.9. The molecule has 0 heterocycles. The lowest BCUT2D eigenvalue weighted by Crippen LogP contribution is -2.43. The summed E-state index contributed by atoms with van der Waals surface area (Å²) < 4.78 is 17.3.